The van der Waals surface area contributed by atoms with Crippen molar-refractivity contribution in [1.29, 1.82) is 0 Å². The molecule has 0 N–H and O–H groups in total. The molecule has 1 aliphatic heterocycles. The minimum absolute atomic E-state index is 0.680. The lowest BCUT2D eigenvalue weighted by Gasteiger charge is -2.29. The zero-order chi connectivity index (χ0) is 8.81. The van der Waals surface area contributed by atoms with Gasteiger partial charge in [-0.25, -0.2) is 0 Å². The lowest BCUT2D eigenvalue weighted by molar-refractivity contribution is 0.0471. The van der Waals surface area contributed by atoms with Gasteiger partial charge < -0.3 is 4.74 Å². The molecule has 0 amide bonds. The molecule has 0 aromatic carbocycles. The van der Waals surface area contributed by atoms with Gasteiger partial charge in [0.05, 0.1) is 6.54 Å². The van der Waals surface area contributed by atoms with Crippen LogP contribution in [0.3, 0.4) is 0 Å². The highest BCUT2D eigenvalue weighted by Crippen LogP contribution is 2.11. The summed E-state index contributed by atoms with van der Waals surface area (Å²) in [7, 11) is 2.14. The molecule has 1 fully saturated rings. The fourth-order valence-corrected chi connectivity index (χ4v) is 1.46. The van der Waals surface area contributed by atoms with Crippen LogP contribution in [0, 0.1) is 11.8 Å². The van der Waals surface area contributed by atoms with E-state index in [1.807, 2.05) is 6.92 Å². The molecule has 1 aliphatic rings. The van der Waals surface area contributed by atoms with Gasteiger partial charge in [-0.1, -0.05) is 5.92 Å². The minimum atomic E-state index is 0.680. The summed E-state index contributed by atoms with van der Waals surface area (Å²) in [6.45, 7) is 4.60. The van der Waals surface area contributed by atoms with Gasteiger partial charge in [0.15, 0.2) is 0 Å². The molecule has 0 bridgehead atoms. The summed E-state index contributed by atoms with van der Waals surface area (Å²) in [4.78, 5) is 2.32. The smallest absolute Gasteiger partial charge is 0.0601 e. The van der Waals surface area contributed by atoms with Crippen molar-refractivity contribution < 1.29 is 4.74 Å². The van der Waals surface area contributed by atoms with Crippen molar-refractivity contribution in [2.75, 3.05) is 26.8 Å². The van der Waals surface area contributed by atoms with Crippen LogP contribution < -0.4 is 0 Å². The van der Waals surface area contributed by atoms with Crippen molar-refractivity contribution in [3.05, 3.63) is 0 Å². The average molecular weight is 167 g/mol. The quantitative estimate of drug-likeness (QED) is 0.571. The molecule has 0 spiro atoms. The Balaban J connectivity index is 2.27. The van der Waals surface area contributed by atoms with E-state index < -0.39 is 0 Å². The summed E-state index contributed by atoms with van der Waals surface area (Å²) in [5.41, 5.74) is 0. The number of nitrogens with zero attached hydrogens (tertiary/aromatic N) is 1. The topological polar surface area (TPSA) is 12.5 Å². The second-order valence-corrected chi connectivity index (χ2v) is 3.19. The first kappa shape index (κ1) is 9.57. The minimum Gasteiger partial charge on any atom is -0.381 e. The van der Waals surface area contributed by atoms with Crippen LogP contribution in [0.2, 0.25) is 0 Å². The van der Waals surface area contributed by atoms with E-state index in [4.69, 9.17) is 4.74 Å². The summed E-state index contributed by atoms with van der Waals surface area (Å²) in [6.07, 6.45) is 2.31. The van der Waals surface area contributed by atoms with E-state index >= 15 is 0 Å². The van der Waals surface area contributed by atoms with Gasteiger partial charge in [0, 0.05) is 19.3 Å². The maximum Gasteiger partial charge on any atom is 0.0601 e. The van der Waals surface area contributed by atoms with Crippen LogP contribution in [0.1, 0.15) is 19.8 Å². The Bertz CT molecular complexity index is 174. The van der Waals surface area contributed by atoms with E-state index in [0.717, 1.165) is 32.6 Å². The Morgan fingerprint density at radius 2 is 2.08 bits per heavy atom. The molecule has 0 aromatic heterocycles. The normalized spacial score (nSPS) is 18.9. The van der Waals surface area contributed by atoms with Crippen molar-refractivity contribution in [2.45, 2.75) is 25.8 Å². The van der Waals surface area contributed by atoms with Crippen molar-refractivity contribution in [2.24, 2.45) is 0 Å². The van der Waals surface area contributed by atoms with Crippen LogP contribution in [-0.4, -0.2) is 37.7 Å². The van der Waals surface area contributed by atoms with Gasteiger partial charge in [-0.2, -0.15) is 0 Å². The summed E-state index contributed by atoms with van der Waals surface area (Å²) >= 11 is 0. The van der Waals surface area contributed by atoms with Crippen molar-refractivity contribution in [3.63, 3.8) is 0 Å². The molecule has 2 nitrogen and oxygen atoms in total. The first-order valence-corrected chi connectivity index (χ1v) is 4.52. The highest BCUT2D eigenvalue weighted by molar-refractivity contribution is 4.98. The van der Waals surface area contributed by atoms with Crippen LogP contribution in [0.4, 0.5) is 0 Å². The lowest BCUT2D eigenvalue weighted by Crippen LogP contribution is -2.36. The molecule has 1 saturated heterocycles. The standard InChI is InChI=1S/C10H17NO/c1-3-4-7-11(2)10-5-8-12-9-6-10/h10H,5-9H2,1-2H3. The molecule has 12 heavy (non-hydrogen) atoms. The van der Waals surface area contributed by atoms with Crippen molar-refractivity contribution in [1.82, 2.24) is 4.90 Å². The molecule has 0 radical (unpaired) electrons. The second-order valence-electron chi connectivity index (χ2n) is 3.19. The van der Waals surface area contributed by atoms with Crippen molar-refractivity contribution in [3.8, 4) is 11.8 Å². The molecular weight excluding hydrogens is 150 g/mol. The molecule has 0 aromatic rings. The predicted octanol–water partition coefficient (Wildman–Crippen LogP) is 1.12. The monoisotopic (exact) mass is 167 g/mol. The van der Waals surface area contributed by atoms with Crippen molar-refractivity contribution >= 4 is 0 Å². The molecular formula is C10H17NO. The van der Waals surface area contributed by atoms with E-state index in [1.165, 1.54) is 0 Å². The maximum absolute atomic E-state index is 5.29. The van der Waals surface area contributed by atoms with Gasteiger partial charge in [0.1, 0.15) is 0 Å². The largest absolute Gasteiger partial charge is 0.381 e. The fraction of sp³-hybridized carbons (Fsp3) is 0.800. The predicted molar refractivity (Wildman–Crippen MR) is 49.9 cm³/mol. The van der Waals surface area contributed by atoms with Crippen LogP contribution in [0.5, 0.6) is 0 Å². The van der Waals surface area contributed by atoms with Crippen LogP contribution in [0.15, 0.2) is 0 Å². The van der Waals surface area contributed by atoms with Gasteiger partial charge in [-0.15, -0.1) is 5.92 Å². The molecule has 0 unspecified atom stereocenters. The number of hydrogen-bond acceptors (Lipinski definition) is 2. The maximum atomic E-state index is 5.29. The van der Waals surface area contributed by atoms with Crippen LogP contribution >= 0.6 is 0 Å². The zero-order valence-electron chi connectivity index (χ0n) is 7.97. The SMILES string of the molecule is CC#CCN(C)C1CCOCC1. The van der Waals surface area contributed by atoms with E-state index in [2.05, 4.69) is 23.8 Å². The Morgan fingerprint density at radius 1 is 1.42 bits per heavy atom. The first-order chi connectivity index (χ1) is 5.84. The number of hydrogen-bond donors (Lipinski definition) is 0. The Kier molecular flexibility index (Phi) is 4.13. The van der Waals surface area contributed by atoms with E-state index in [9.17, 15) is 0 Å². The summed E-state index contributed by atoms with van der Waals surface area (Å²) in [6, 6.07) is 0.680. The van der Waals surface area contributed by atoms with E-state index in [-0.39, 0.29) is 0 Å². The van der Waals surface area contributed by atoms with Gasteiger partial charge in [-0.05, 0) is 26.8 Å². The van der Waals surface area contributed by atoms with Gasteiger partial charge >= 0.3 is 0 Å². The summed E-state index contributed by atoms with van der Waals surface area (Å²) in [5.74, 6) is 6.00. The van der Waals surface area contributed by atoms with Crippen LogP contribution in [0.25, 0.3) is 0 Å². The fourth-order valence-electron chi connectivity index (χ4n) is 1.46. The van der Waals surface area contributed by atoms with E-state index in [0.29, 0.717) is 6.04 Å². The molecule has 1 rings (SSSR count). The Morgan fingerprint density at radius 3 is 2.67 bits per heavy atom. The second kappa shape index (κ2) is 5.18. The third kappa shape index (κ3) is 2.84. The van der Waals surface area contributed by atoms with Gasteiger partial charge in [-0.3, -0.25) is 4.90 Å². The third-order valence-electron chi connectivity index (χ3n) is 2.32. The highest BCUT2D eigenvalue weighted by atomic mass is 16.5. The van der Waals surface area contributed by atoms with E-state index in [1.54, 1.807) is 0 Å². The number of ether oxygens (including phenoxy) is 1. The van der Waals surface area contributed by atoms with Gasteiger partial charge in [0.2, 0.25) is 0 Å². The molecule has 0 saturated carbocycles. The summed E-state index contributed by atoms with van der Waals surface area (Å²) in [5, 5.41) is 0. The van der Waals surface area contributed by atoms with Gasteiger partial charge in [0.25, 0.3) is 0 Å². The lowest BCUT2D eigenvalue weighted by atomic mass is 10.1. The Hall–Kier alpha value is -0.520. The summed E-state index contributed by atoms with van der Waals surface area (Å²) < 4.78 is 5.29. The van der Waals surface area contributed by atoms with Crippen LogP contribution in [-0.2, 0) is 4.74 Å². The zero-order valence-corrected chi connectivity index (χ0v) is 7.97. The average Bonchev–Trinajstić information content (AvgIpc) is 2.15. The molecule has 68 valence electrons. The third-order valence-corrected chi connectivity index (χ3v) is 2.32. The highest BCUT2D eigenvalue weighted by Gasteiger charge is 2.16. The Labute approximate surface area is 74.9 Å². The first-order valence-electron chi connectivity index (χ1n) is 4.52. The number of rotatable bonds is 2. The molecule has 1 heterocycles. The molecule has 2 heteroatoms. The molecule has 0 atom stereocenters. The molecule has 0 aliphatic carbocycles.